The van der Waals surface area contributed by atoms with Crippen molar-refractivity contribution >= 4 is 39.6 Å². The van der Waals surface area contributed by atoms with Gasteiger partial charge in [0.1, 0.15) is 23.0 Å². The summed E-state index contributed by atoms with van der Waals surface area (Å²) < 4.78 is 1.70. The number of nitriles is 1. The molecule has 0 aliphatic rings. The van der Waals surface area contributed by atoms with Gasteiger partial charge in [-0.05, 0) is 48.5 Å². The molecule has 3 N–H and O–H groups in total. The van der Waals surface area contributed by atoms with Crippen molar-refractivity contribution < 1.29 is 4.79 Å². The Bertz CT molecular complexity index is 1480. The van der Waals surface area contributed by atoms with Crippen molar-refractivity contribution in [2.75, 3.05) is 11.1 Å². The van der Waals surface area contributed by atoms with E-state index in [4.69, 9.17) is 10.7 Å². The van der Waals surface area contributed by atoms with Crippen molar-refractivity contribution in [1.82, 2.24) is 14.5 Å². The first kappa shape index (κ1) is 18.3. The first-order valence-electron chi connectivity index (χ1n) is 9.59. The molecule has 0 aliphatic heterocycles. The zero-order valence-electron chi connectivity index (χ0n) is 16.3. The van der Waals surface area contributed by atoms with Crippen molar-refractivity contribution in [2.24, 2.45) is 0 Å². The number of benzene rings is 3. The van der Waals surface area contributed by atoms with Gasteiger partial charge in [0.2, 0.25) is 0 Å². The molecule has 0 radical (unpaired) electrons. The molecular formula is C24H16N6O. The van der Waals surface area contributed by atoms with Crippen LogP contribution in [-0.2, 0) is 0 Å². The molecule has 0 aliphatic carbocycles. The van der Waals surface area contributed by atoms with Crippen LogP contribution in [0.2, 0.25) is 0 Å². The van der Waals surface area contributed by atoms with E-state index in [1.807, 2.05) is 54.6 Å². The van der Waals surface area contributed by atoms with E-state index >= 15 is 0 Å². The number of hydrogen-bond donors (Lipinski definition) is 2. The quantitative estimate of drug-likeness (QED) is 0.466. The highest BCUT2D eigenvalue weighted by molar-refractivity contribution is 6.04. The zero-order valence-corrected chi connectivity index (χ0v) is 16.3. The van der Waals surface area contributed by atoms with Gasteiger partial charge in [-0.3, -0.25) is 9.36 Å². The Kier molecular flexibility index (Phi) is 4.31. The number of aromatic nitrogens is 3. The highest BCUT2D eigenvalue weighted by Crippen LogP contribution is 2.30. The van der Waals surface area contributed by atoms with Crippen molar-refractivity contribution in [3.8, 4) is 11.8 Å². The molecule has 0 atom stereocenters. The minimum atomic E-state index is -0.191. The van der Waals surface area contributed by atoms with Crippen molar-refractivity contribution in [3.63, 3.8) is 0 Å². The number of amides is 1. The number of nitrogens with one attached hydrogen (secondary N) is 1. The van der Waals surface area contributed by atoms with Gasteiger partial charge in [-0.15, -0.1) is 0 Å². The number of rotatable bonds is 3. The number of fused-ring (bicyclic) bond motifs is 2. The lowest BCUT2D eigenvalue weighted by Crippen LogP contribution is -2.11. The average molecular weight is 404 g/mol. The third-order valence-electron chi connectivity index (χ3n) is 5.03. The summed E-state index contributed by atoms with van der Waals surface area (Å²) in [6.45, 7) is 0. The van der Waals surface area contributed by atoms with E-state index < -0.39 is 0 Å². The average Bonchev–Trinajstić information content (AvgIpc) is 3.08. The number of hydrogen-bond acceptors (Lipinski definition) is 5. The van der Waals surface area contributed by atoms with Crippen LogP contribution in [-0.4, -0.2) is 20.4 Å². The maximum absolute atomic E-state index is 12.4. The second kappa shape index (κ2) is 7.28. The van der Waals surface area contributed by atoms with Crippen LogP contribution in [0.25, 0.3) is 27.9 Å². The summed E-state index contributed by atoms with van der Waals surface area (Å²) in [5.41, 5.74) is 10.9. The van der Waals surface area contributed by atoms with Gasteiger partial charge in [0, 0.05) is 16.9 Å². The zero-order chi connectivity index (χ0) is 21.4. The first-order chi connectivity index (χ1) is 15.2. The highest BCUT2D eigenvalue weighted by atomic mass is 16.1. The molecule has 7 nitrogen and oxygen atoms in total. The van der Waals surface area contributed by atoms with Gasteiger partial charge in [-0.25, -0.2) is 9.97 Å². The summed E-state index contributed by atoms with van der Waals surface area (Å²) in [7, 11) is 0. The Balaban J connectivity index is 1.56. The van der Waals surface area contributed by atoms with Crippen molar-refractivity contribution in [2.45, 2.75) is 0 Å². The summed E-state index contributed by atoms with van der Waals surface area (Å²) in [6, 6.07) is 25.8. The normalized spacial score (nSPS) is 10.8. The SMILES string of the molecule is N#Cc1c(N)n(-c2ccc(NC(=O)c3ccccc3)cc2)c2nc3ccccc3nc12. The van der Waals surface area contributed by atoms with Crippen molar-refractivity contribution in [3.05, 3.63) is 90.0 Å². The Morgan fingerprint density at radius 3 is 2.23 bits per heavy atom. The fourth-order valence-electron chi connectivity index (χ4n) is 3.52. The molecule has 7 heteroatoms. The number of carbonyl (C=O) groups is 1. The summed E-state index contributed by atoms with van der Waals surface area (Å²) in [6.07, 6.45) is 0. The van der Waals surface area contributed by atoms with Gasteiger partial charge in [0.25, 0.3) is 5.91 Å². The molecule has 0 unspecified atom stereocenters. The van der Waals surface area contributed by atoms with Crippen LogP contribution in [0, 0.1) is 11.3 Å². The third kappa shape index (κ3) is 3.12. The van der Waals surface area contributed by atoms with Crippen LogP contribution in [0.4, 0.5) is 11.5 Å². The number of anilines is 2. The fourth-order valence-corrected chi connectivity index (χ4v) is 3.52. The second-order valence-corrected chi connectivity index (χ2v) is 6.96. The summed E-state index contributed by atoms with van der Waals surface area (Å²) in [5.74, 6) is 0.0808. The Morgan fingerprint density at radius 1 is 0.903 bits per heavy atom. The van der Waals surface area contributed by atoms with E-state index in [0.29, 0.717) is 39.1 Å². The largest absolute Gasteiger partial charge is 0.384 e. The molecule has 5 rings (SSSR count). The number of carbonyl (C=O) groups excluding carboxylic acids is 1. The molecule has 148 valence electrons. The first-order valence-corrected chi connectivity index (χ1v) is 9.59. The van der Waals surface area contributed by atoms with Crippen LogP contribution >= 0.6 is 0 Å². The molecule has 2 heterocycles. The lowest BCUT2D eigenvalue weighted by Gasteiger charge is -2.10. The van der Waals surface area contributed by atoms with Crippen LogP contribution in [0.5, 0.6) is 0 Å². The molecule has 31 heavy (non-hydrogen) atoms. The molecule has 0 fully saturated rings. The number of nitrogen functional groups attached to an aromatic ring is 1. The van der Waals surface area contributed by atoms with Gasteiger partial charge >= 0.3 is 0 Å². The summed E-state index contributed by atoms with van der Waals surface area (Å²) in [5, 5.41) is 12.5. The monoisotopic (exact) mass is 404 g/mol. The Hall–Kier alpha value is -4.70. The maximum Gasteiger partial charge on any atom is 0.255 e. The molecule has 0 saturated heterocycles. The van der Waals surface area contributed by atoms with Crippen LogP contribution in [0.1, 0.15) is 15.9 Å². The van der Waals surface area contributed by atoms with E-state index in [2.05, 4.69) is 16.4 Å². The predicted octanol–water partition coefficient (Wildman–Crippen LogP) is 4.28. The predicted molar refractivity (Wildman–Crippen MR) is 120 cm³/mol. The number of nitrogens with two attached hydrogens (primary N) is 1. The van der Waals surface area contributed by atoms with E-state index in [-0.39, 0.29) is 17.3 Å². The highest BCUT2D eigenvalue weighted by Gasteiger charge is 2.19. The van der Waals surface area contributed by atoms with Gasteiger partial charge in [0.05, 0.1) is 11.0 Å². The topological polar surface area (TPSA) is 110 Å². The maximum atomic E-state index is 12.4. The minimum absolute atomic E-state index is 0.191. The molecular weight excluding hydrogens is 388 g/mol. The van der Waals surface area contributed by atoms with Gasteiger partial charge in [-0.2, -0.15) is 5.26 Å². The molecule has 0 spiro atoms. The minimum Gasteiger partial charge on any atom is -0.384 e. The Labute approximate surface area is 177 Å². The molecule has 1 amide bonds. The van der Waals surface area contributed by atoms with E-state index in [1.54, 1.807) is 28.8 Å². The second-order valence-electron chi connectivity index (χ2n) is 6.96. The van der Waals surface area contributed by atoms with Crippen LogP contribution < -0.4 is 11.1 Å². The number of para-hydroxylation sites is 2. The smallest absolute Gasteiger partial charge is 0.255 e. The standard InChI is InChI=1S/C24H16N6O/c25-14-18-21-23(29-20-9-5-4-8-19(20)28-21)30(22(18)26)17-12-10-16(11-13-17)27-24(31)15-6-2-1-3-7-15/h1-13H,26H2,(H,27,31). The molecule has 2 aromatic heterocycles. The third-order valence-corrected chi connectivity index (χ3v) is 5.03. The molecule has 0 bridgehead atoms. The van der Waals surface area contributed by atoms with Crippen molar-refractivity contribution in [1.29, 1.82) is 5.26 Å². The molecule has 5 aromatic rings. The Morgan fingerprint density at radius 2 is 1.55 bits per heavy atom. The van der Waals surface area contributed by atoms with E-state index in [0.717, 1.165) is 0 Å². The lowest BCUT2D eigenvalue weighted by molar-refractivity contribution is 0.102. The van der Waals surface area contributed by atoms with Gasteiger partial charge in [0.15, 0.2) is 5.65 Å². The van der Waals surface area contributed by atoms with E-state index in [9.17, 15) is 10.1 Å². The van der Waals surface area contributed by atoms with Crippen LogP contribution in [0.3, 0.4) is 0 Å². The number of nitrogens with zero attached hydrogens (tertiary/aromatic N) is 4. The van der Waals surface area contributed by atoms with Gasteiger partial charge in [-0.1, -0.05) is 30.3 Å². The summed E-state index contributed by atoms with van der Waals surface area (Å²) >= 11 is 0. The molecule has 0 saturated carbocycles. The van der Waals surface area contributed by atoms with E-state index in [1.165, 1.54) is 0 Å². The lowest BCUT2D eigenvalue weighted by atomic mass is 10.2. The van der Waals surface area contributed by atoms with Gasteiger partial charge < -0.3 is 11.1 Å². The molecule has 3 aromatic carbocycles. The fraction of sp³-hybridized carbons (Fsp3) is 0. The summed E-state index contributed by atoms with van der Waals surface area (Å²) in [4.78, 5) is 21.7. The van der Waals surface area contributed by atoms with Crippen LogP contribution in [0.15, 0.2) is 78.9 Å².